The molecule has 1 fully saturated rings. The number of carbonyl (C=O) groups is 1. The van der Waals surface area contributed by atoms with Crippen LogP contribution in [0.4, 0.5) is 0 Å². The van der Waals surface area contributed by atoms with E-state index in [-0.39, 0.29) is 28.4 Å². The Morgan fingerprint density at radius 3 is 1.75 bits per heavy atom. The maximum Gasteiger partial charge on any atom is 0.199 e. The van der Waals surface area contributed by atoms with Crippen molar-refractivity contribution in [2.24, 2.45) is 5.92 Å². The lowest BCUT2D eigenvalue weighted by Gasteiger charge is -2.42. The number of benzene rings is 2. The Morgan fingerprint density at radius 2 is 1.32 bits per heavy atom. The molecule has 0 bridgehead atoms. The van der Waals surface area contributed by atoms with E-state index < -0.39 is 29.7 Å². The van der Waals surface area contributed by atoms with Crippen LogP contribution in [0.3, 0.4) is 0 Å². The standard InChI is InChI=1S/C21H24O5S2/c1-17(22)16-18-10-8-9-15-21(18,27(23,24)19-11-4-2-5-12-19)28(25,26)20-13-6-3-7-14-20/h2-7,11-14,18H,8-10,15-16H2,1H3. The van der Waals surface area contributed by atoms with Gasteiger partial charge < -0.3 is 4.79 Å². The van der Waals surface area contributed by atoms with Gasteiger partial charge in [-0.15, -0.1) is 0 Å². The van der Waals surface area contributed by atoms with Crippen LogP contribution in [0.2, 0.25) is 0 Å². The minimum atomic E-state index is -4.26. The fraction of sp³-hybridized carbons (Fsp3) is 0.381. The maximum absolute atomic E-state index is 13.8. The predicted octanol–water partition coefficient (Wildman–Crippen LogP) is 3.80. The molecular formula is C21H24O5S2. The van der Waals surface area contributed by atoms with Crippen LogP contribution in [-0.2, 0) is 24.5 Å². The molecule has 0 aromatic heterocycles. The quantitative estimate of drug-likeness (QED) is 0.710. The third kappa shape index (κ3) is 3.31. The molecule has 0 amide bonds. The molecule has 150 valence electrons. The number of hydrogen-bond donors (Lipinski definition) is 0. The number of rotatable bonds is 6. The summed E-state index contributed by atoms with van der Waals surface area (Å²) in [5, 5.41) is 0. The lowest BCUT2D eigenvalue weighted by Crippen LogP contribution is -2.54. The minimum Gasteiger partial charge on any atom is -0.300 e. The van der Waals surface area contributed by atoms with Gasteiger partial charge in [0.1, 0.15) is 5.78 Å². The van der Waals surface area contributed by atoms with Gasteiger partial charge in [-0.3, -0.25) is 0 Å². The Morgan fingerprint density at radius 1 is 0.857 bits per heavy atom. The smallest absolute Gasteiger partial charge is 0.199 e. The van der Waals surface area contributed by atoms with Crippen molar-refractivity contribution in [2.75, 3.05) is 0 Å². The third-order valence-electron chi connectivity index (χ3n) is 5.50. The van der Waals surface area contributed by atoms with E-state index in [0.29, 0.717) is 19.3 Å². The maximum atomic E-state index is 13.8. The Balaban J connectivity index is 2.33. The molecule has 3 rings (SSSR count). The summed E-state index contributed by atoms with van der Waals surface area (Å²) in [6.45, 7) is 1.38. The molecule has 0 heterocycles. The summed E-state index contributed by atoms with van der Waals surface area (Å²) >= 11 is 0. The first-order valence-corrected chi connectivity index (χ1v) is 12.3. The van der Waals surface area contributed by atoms with Gasteiger partial charge in [0.25, 0.3) is 0 Å². The summed E-state index contributed by atoms with van der Waals surface area (Å²) in [6, 6.07) is 15.4. The summed E-state index contributed by atoms with van der Waals surface area (Å²) < 4.78 is 53.3. The van der Waals surface area contributed by atoms with Crippen LogP contribution in [-0.4, -0.2) is 26.7 Å². The van der Waals surface area contributed by atoms with Crippen LogP contribution < -0.4 is 0 Å². The van der Waals surface area contributed by atoms with Crippen LogP contribution in [0.5, 0.6) is 0 Å². The summed E-state index contributed by atoms with van der Waals surface area (Å²) in [5.41, 5.74) is 0. The van der Waals surface area contributed by atoms with Crippen molar-refractivity contribution < 1.29 is 21.6 Å². The van der Waals surface area contributed by atoms with E-state index in [4.69, 9.17) is 0 Å². The first-order valence-electron chi connectivity index (χ1n) is 9.32. The van der Waals surface area contributed by atoms with E-state index in [1.165, 1.54) is 31.2 Å². The van der Waals surface area contributed by atoms with Gasteiger partial charge in [0.2, 0.25) is 0 Å². The molecule has 0 N–H and O–H groups in total. The Hall–Kier alpha value is -1.99. The Kier molecular flexibility index (Phi) is 5.77. The molecule has 5 nitrogen and oxygen atoms in total. The lowest BCUT2D eigenvalue weighted by atomic mass is 9.85. The normalized spacial score (nSPS) is 19.8. The molecule has 1 atom stereocenters. The molecule has 0 aliphatic heterocycles. The predicted molar refractivity (Wildman–Crippen MR) is 107 cm³/mol. The first kappa shape index (κ1) is 20.7. The molecule has 1 aliphatic rings. The molecule has 28 heavy (non-hydrogen) atoms. The van der Waals surface area contributed by atoms with Crippen LogP contribution in [0, 0.1) is 5.92 Å². The lowest BCUT2D eigenvalue weighted by molar-refractivity contribution is -0.118. The molecular weight excluding hydrogens is 396 g/mol. The first-order chi connectivity index (χ1) is 13.2. The molecule has 1 unspecified atom stereocenters. The van der Waals surface area contributed by atoms with E-state index in [2.05, 4.69) is 0 Å². The summed E-state index contributed by atoms with van der Waals surface area (Å²) in [4.78, 5) is 11.9. The van der Waals surface area contributed by atoms with Crippen molar-refractivity contribution in [3.63, 3.8) is 0 Å². The van der Waals surface area contributed by atoms with Gasteiger partial charge in [-0.25, -0.2) is 16.8 Å². The second kappa shape index (κ2) is 7.79. The highest BCUT2D eigenvalue weighted by Gasteiger charge is 2.61. The SMILES string of the molecule is CC(=O)CC1CCCCC1(S(=O)(=O)c1ccccc1)S(=O)(=O)c1ccccc1. The van der Waals surface area contributed by atoms with Crippen LogP contribution >= 0.6 is 0 Å². The van der Waals surface area contributed by atoms with Gasteiger partial charge in [0.15, 0.2) is 23.8 Å². The number of carbonyl (C=O) groups excluding carboxylic acids is 1. The molecule has 7 heteroatoms. The van der Waals surface area contributed by atoms with Crippen LogP contribution in [0.15, 0.2) is 70.5 Å². The van der Waals surface area contributed by atoms with Crippen LogP contribution in [0.1, 0.15) is 39.0 Å². The zero-order chi connectivity index (χ0) is 20.4. The Labute approximate surface area is 166 Å². The van der Waals surface area contributed by atoms with Crippen molar-refractivity contribution in [1.82, 2.24) is 0 Å². The third-order valence-corrected chi connectivity index (χ3v) is 11.5. The Bertz CT molecular complexity index is 973. The number of Topliss-reactive ketones (excluding diaryl/α,β-unsaturated/α-hetero) is 1. The summed E-state index contributed by atoms with van der Waals surface area (Å²) in [5.74, 6) is -0.989. The molecule has 0 radical (unpaired) electrons. The van der Waals surface area contributed by atoms with Gasteiger partial charge in [0, 0.05) is 12.3 Å². The van der Waals surface area contributed by atoms with Crippen molar-refractivity contribution in [3.8, 4) is 0 Å². The van der Waals surface area contributed by atoms with Gasteiger partial charge >= 0.3 is 0 Å². The van der Waals surface area contributed by atoms with Gasteiger partial charge in [0.05, 0.1) is 9.79 Å². The van der Waals surface area contributed by atoms with E-state index in [1.807, 2.05) is 0 Å². The zero-order valence-electron chi connectivity index (χ0n) is 15.7. The van der Waals surface area contributed by atoms with Crippen molar-refractivity contribution >= 4 is 25.5 Å². The van der Waals surface area contributed by atoms with E-state index in [9.17, 15) is 21.6 Å². The van der Waals surface area contributed by atoms with Gasteiger partial charge in [-0.1, -0.05) is 49.2 Å². The average molecular weight is 421 g/mol. The second-order valence-corrected chi connectivity index (χ2v) is 12.0. The van der Waals surface area contributed by atoms with Crippen LogP contribution in [0.25, 0.3) is 0 Å². The highest BCUT2D eigenvalue weighted by molar-refractivity contribution is 8.10. The molecule has 0 spiro atoms. The van der Waals surface area contributed by atoms with Crippen molar-refractivity contribution in [3.05, 3.63) is 60.7 Å². The number of sulfone groups is 2. The van der Waals surface area contributed by atoms with E-state index >= 15 is 0 Å². The molecule has 1 saturated carbocycles. The van der Waals surface area contributed by atoms with Crippen molar-refractivity contribution in [1.29, 1.82) is 0 Å². The molecule has 2 aromatic rings. The monoisotopic (exact) mass is 420 g/mol. The van der Waals surface area contributed by atoms with Gasteiger partial charge in [-0.2, -0.15) is 0 Å². The molecule has 0 saturated heterocycles. The van der Waals surface area contributed by atoms with Gasteiger partial charge in [-0.05, 0) is 44.0 Å². The van der Waals surface area contributed by atoms with E-state index in [1.54, 1.807) is 36.4 Å². The topological polar surface area (TPSA) is 85.3 Å². The largest absolute Gasteiger partial charge is 0.300 e. The highest BCUT2D eigenvalue weighted by atomic mass is 32.3. The number of ketones is 1. The summed E-state index contributed by atoms with van der Waals surface area (Å²) in [7, 11) is -8.53. The minimum absolute atomic E-state index is 0.0145. The molecule has 1 aliphatic carbocycles. The summed E-state index contributed by atoms with van der Waals surface area (Å²) in [6.07, 6.45) is 1.48. The molecule has 2 aromatic carbocycles. The zero-order valence-corrected chi connectivity index (χ0v) is 17.4. The fourth-order valence-electron chi connectivity index (χ4n) is 4.24. The highest BCUT2D eigenvalue weighted by Crippen LogP contribution is 2.50. The van der Waals surface area contributed by atoms with Crippen molar-refractivity contribution in [2.45, 2.75) is 52.9 Å². The fourth-order valence-corrected chi connectivity index (χ4v) is 9.91. The average Bonchev–Trinajstić information content (AvgIpc) is 2.69. The number of hydrogen-bond acceptors (Lipinski definition) is 5. The second-order valence-electron chi connectivity index (χ2n) is 7.29. The van der Waals surface area contributed by atoms with E-state index in [0.717, 1.165) is 0 Å².